The maximum absolute atomic E-state index is 3.59. The monoisotopic (exact) mass is 310 g/mol. The number of rotatable bonds is 7. The minimum atomic E-state index is 0.476. The second-order valence-corrected chi connectivity index (χ2v) is 6.08. The zero-order valence-corrected chi connectivity index (χ0v) is 12.9. The van der Waals surface area contributed by atoms with Gasteiger partial charge in [-0.25, -0.2) is 0 Å². The van der Waals surface area contributed by atoms with Crippen LogP contribution in [0.15, 0.2) is 28.7 Å². The maximum Gasteiger partial charge on any atom is 0.0332 e. The summed E-state index contributed by atoms with van der Waals surface area (Å²) in [5.74, 6) is 0. The first-order valence-corrected chi connectivity index (χ1v) is 7.69. The SMILES string of the molecule is CCNC(CCN(C)C1CC1)c1ccc(Br)cc1. The molecule has 1 unspecified atom stereocenters. The van der Waals surface area contributed by atoms with Gasteiger partial charge in [-0.2, -0.15) is 0 Å². The standard InChI is InChI=1S/C15H23BrN2/c1-3-17-15(10-11-18(2)14-8-9-14)12-4-6-13(16)7-5-12/h4-7,14-15,17H,3,8-11H2,1-2H3. The van der Waals surface area contributed by atoms with Crippen molar-refractivity contribution in [3.63, 3.8) is 0 Å². The molecule has 2 nitrogen and oxygen atoms in total. The first kappa shape index (κ1) is 14.0. The summed E-state index contributed by atoms with van der Waals surface area (Å²) in [5.41, 5.74) is 1.39. The molecule has 0 aliphatic heterocycles. The number of halogens is 1. The second-order valence-electron chi connectivity index (χ2n) is 5.16. The molecule has 100 valence electrons. The van der Waals surface area contributed by atoms with Gasteiger partial charge in [-0.1, -0.05) is 35.0 Å². The van der Waals surface area contributed by atoms with E-state index >= 15 is 0 Å². The normalized spacial score (nSPS) is 17.1. The van der Waals surface area contributed by atoms with E-state index < -0.39 is 0 Å². The Morgan fingerprint density at radius 1 is 1.33 bits per heavy atom. The Kier molecular flexibility index (Phi) is 5.22. The molecule has 0 bridgehead atoms. The molecule has 0 radical (unpaired) electrons. The van der Waals surface area contributed by atoms with Crippen molar-refractivity contribution in [1.29, 1.82) is 0 Å². The smallest absolute Gasteiger partial charge is 0.0332 e. The van der Waals surface area contributed by atoms with Crippen LogP contribution < -0.4 is 5.32 Å². The lowest BCUT2D eigenvalue weighted by molar-refractivity contribution is 0.299. The lowest BCUT2D eigenvalue weighted by Gasteiger charge is -2.22. The first-order chi connectivity index (χ1) is 8.70. The van der Waals surface area contributed by atoms with Crippen molar-refractivity contribution in [3.8, 4) is 0 Å². The molecule has 2 rings (SSSR count). The molecule has 1 aliphatic rings. The van der Waals surface area contributed by atoms with Crippen molar-refractivity contribution < 1.29 is 0 Å². The lowest BCUT2D eigenvalue weighted by Crippen LogP contribution is -2.28. The van der Waals surface area contributed by atoms with Crippen LogP contribution in [0, 0.1) is 0 Å². The van der Waals surface area contributed by atoms with E-state index in [1.165, 1.54) is 31.4 Å². The van der Waals surface area contributed by atoms with Crippen LogP contribution >= 0.6 is 15.9 Å². The summed E-state index contributed by atoms with van der Waals surface area (Å²) in [6.45, 7) is 4.38. The van der Waals surface area contributed by atoms with Crippen LogP contribution in [0.25, 0.3) is 0 Å². The number of nitrogens with one attached hydrogen (secondary N) is 1. The third-order valence-corrected chi connectivity index (χ3v) is 4.19. The molecule has 0 aromatic heterocycles. The van der Waals surface area contributed by atoms with E-state index in [1.54, 1.807) is 0 Å². The molecule has 1 saturated carbocycles. The van der Waals surface area contributed by atoms with Crippen molar-refractivity contribution in [2.24, 2.45) is 0 Å². The Morgan fingerprint density at radius 2 is 2.00 bits per heavy atom. The minimum Gasteiger partial charge on any atom is -0.310 e. The summed E-state index contributed by atoms with van der Waals surface area (Å²) in [6, 6.07) is 10.0. The van der Waals surface area contributed by atoms with E-state index in [9.17, 15) is 0 Å². The first-order valence-electron chi connectivity index (χ1n) is 6.89. The van der Waals surface area contributed by atoms with Gasteiger partial charge >= 0.3 is 0 Å². The van der Waals surface area contributed by atoms with Gasteiger partial charge in [0.2, 0.25) is 0 Å². The molecule has 0 amide bonds. The Hall–Kier alpha value is -0.380. The van der Waals surface area contributed by atoms with Crippen molar-refractivity contribution in [2.45, 2.75) is 38.3 Å². The van der Waals surface area contributed by atoms with Gasteiger partial charge in [0.15, 0.2) is 0 Å². The average Bonchev–Trinajstić information content (AvgIpc) is 3.19. The van der Waals surface area contributed by atoms with Gasteiger partial charge in [0.25, 0.3) is 0 Å². The van der Waals surface area contributed by atoms with Crippen molar-refractivity contribution in [2.75, 3.05) is 20.1 Å². The zero-order valence-electron chi connectivity index (χ0n) is 11.3. The Labute approximate surface area is 119 Å². The quantitative estimate of drug-likeness (QED) is 0.828. The highest BCUT2D eigenvalue weighted by molar-refractivity contribution is 9.10. The van der Waals surface area contributed by atoms with Gasteiger partial charge < -0.3 is 10.2 Å². The molecule has 1 fully saturated rings. The Morgan fingerprint density at radius 3 is 2.56 bits per heavy atom. The fraction of sp³-hybridized carbons (Fsp3) is 0.600. The summed E-state index contributed by atoms with van der Waals surface area (Å²) in [6.07, 6.45) is 3.96. The molecule has 1 aromatic rings. The van der Waals surface area contributed by atoms with Crippen molar-refractivity contribution in [1.82, 2.24) is 10.2 Å². The third-order valence-electron chi connectivity index (χ3n) is 3.66. The Balaban J connectivity index is 1.91. The van der Waals surface area contributed by atoms with Crippen LogP contribution in [0.2, 0.25) is 0 Å². The van der Waals surface area contributed by atoms with E-state index in [0.29, 0.717) is 6.04 Å². The topological polar surface area (TPSA) is 15.3 Å². The summed E-state index contributed by atoms with van der Waals surface area (Å²) in [5, 5.41) is 3.59. The van der Waals surface area contributed by atoms with E-state index in [0.717, 1.165) is 17.1 Å². The lowest BCUT2D eigenvalue weighted by atomic mass is 10.0. The van der Waals surface area contributed by atoms with Crippen LogP contribution in [-0.4, -0.2) is 31.1 Å². The van der Waals surface area contributed by atoms with Gasteiger partial charge in [0.05, 0.1) is 0 Å². The maximum atomic E-state index is 3.59. The molecule has 1 aliphatic carbocycles. The van der Waals surface area contributed by atoms with Gasteiger partial charge in [-0.15, -0.1) is 0 Å². The fourth-order valence-electron chi connectivity index (χ4n) is 2.36. The second kappa shape index (κ2) is 6.69. The molecule has 1 aromatic carbocycles. The van der Waals surface area contributed by atoms with Gasteiger partial charge in [-0.05, 0) is 57.1 Å². The highest BCUT2D eigenvalue weighted by atomic mass is 79.9. The van der Waals surface area contributed by atoms with Crippen LogP contribution in [0.5, 0.6) is 0 Å². The molecule has 1 atom stereocenters. The number of benzene rings is 1. The molecule has 1 N–H and O–H groups in total. The van der Waals surface area contributed by atoms with Gasteiger partial charge in [0, 0.05) is 16.6 Å². The van der Waals surface area contributed by atoms with Crippen LogP contribution in [-0.2, 0) is 0 Å². The van der Waals surface area contributed by atoms with E-state index in [2.05, 4.69) is 64.4 Å². The number of hydrogen-bond acceptors (Lipinski definition) is 2. The molecule has 0 heterocycles. The van der Waals surface area contributed by atoms with E-state index in [-0.39, 0.29) is 0 Å². The molecule has 3 heteroatoms. The van der Waals surface area contributed by atoms with E-state index in [1.807, 2.05) is 0 Å². The van der Waals surface area contributed by atoms with Crippen LogP contribution in [0.1, 0.15) is 37.8 Å². The van der Waals surface area contributed by atoms with E-state index in [4.69, 9.17) is 0 Å². The molecule has 0 spiro atoms. The van der Waals surface area contributed by atoms with Crippen LogP contribution in [0.3, 0.4) is 0 Å². The summed E-state index contributed by atoms with van der Waals surface area (Å²) < 4.78 is 1.15. The summed E-state index contributed by atoms with van der Waals surface area (Å²) >= 11 is 3.49. The summed E-state index contributed by atoms with van der Waals surface area (Å²) in [4.78, 5) is 2.50. The van der Waals surface area contributed by atoms with Gasteiger partial charge in [0.1, 0.15) is 0 Å². The third kappa shape index (κ3) is 4.08. The highest BCUT2D eigenvalue weighted by Crippen LogP contribution is 2.27. The minimum absolute atomic E-state index is 0.476. The van der Waals surface area contributed by atoms with Gasteiger partial charge in [-0.3, -0.25) is 0 Å². The summed E-state index contributed by atoms with van der Waals surface area (Å²) in [7, 11) is 2.25. The fourth-order valence-corrected chi connectivity index (χ4v) is 2.62. The molecule has 18 heavy (non-hydrogen) atoms. The molecular formula is C15H23BrN2. The van der Waals surface area contributed by atoms with Crippen LogP contribution in [0.4, 0.5) is 0 Å². The number of hydrogen-bond donors (Lipinski definition) is 1. The number of nitrogens with zero attached hydrogens (tertiary/aromatic N) is 1. The predicted molar refractivity (Wildman–Crippen MR) is 80.8 cm³/mol. The Bertz CT molecular complexity index is 359. The van der Waals surface area contributed by atoms with Crippen molar-refractivity contribution >= 4 is 15.9 Å². The largest absolute Gasteiger partial charge is 0.310 e. The average molecular weight is 311 g/mol. The predicted octanol–water partition coefficient (Wildman–Crippen LogP) is 3.58. The molecular weight excluding hydrogens is 288 g/mol. The molecule has 0 saturated heterocycles. The van der Waals surface area contributed by atoms with Crippen molar-refractivity contribution in [3.05, 3.63) is 34.3 Å². The zero-order chi connectivity index (χ0) is 13.0. The highest BCUT2D eigenvalue weighted by Gasteiger charge is 2.26.